The second-order valence-corrected chi connectivity index (χ2v) is 4.14. The molecule has 1 atom stereocenters. The number of rotatable bonds is 6. The quantitative estimate of drug-likeness (QED) is 0.782. The van der Waals surface area contributed by atoms with E-state index in [0.717, 1.165) is 5.56 Å². The molecule has 5 nitrogen and oxygen atoms in total. The largest absolute Gasteiger partial charge is 0.497 e. The van der Waals surface area contributed by atoms with Crippen LogP contribution in [0.1, 0.15) is 12.5 Å². The molecule has 0 bridgehead atoms. The van der Waals surface area contributed by atoms with Gasteiger partial charge in [-0.3, -0.25) is 4.79 Å². The van der Waals surface area contributed by atoms with Crippen molar-refractivity contribution in [2.24, 2.45) is 5.73 Å². The number of hydrogen-bond donors (Lipinski definition) is 2. The minimum atomic E-state index is -0.0844. The summed E-state index contributed by atoms with van der Waals surface area (Å²) in [5.74, 6) is 1.29. The highest BCUT2D eigenvalue weighted by atomic mass is 16.5. The van der Waals surface area contributed by atoms with E-state index < -0.39 is 0 Å². The predicted octanol–water partition coefficient (Wildman–Crippen LogP) is 0.710. The summed E-state index contributed by atoms with van der Waals surface area (Å²) >= 11 is 0. The maximum atomic E-state index is 11.7. The van der Waals surface area contributed by atoms with Crippen LogP contribution in [0.15, 0.2) is 18.2 Å². The van der Waals surface area contributed by atoms with E-state index in [-0.39, 0.29) is 18.4 Å². The van der Waals surface area contributed by atoms with Crippen LogP contribution in [0.4, 0.5) is 0 Å². The minimum absolute atomic E-state index is 0.0545. The summed E-state index contributed by atoms with van der Waals surface area (Å²) in [4.78, 5) is 11.7. The molecule has 5 heteroatoms. The van der Waals surface area contributed by atoms with Crippen molar-refractivity contribution in [2.75, 3.05) is 20.8 Å². The van der Waals surface area contributed by atoms with Gasteiger partial charge in [-0.25, -0.2) is 0 Å². The number of nitrogens with one attached hydrogen (secondary N) is 1. The van der Waals surface area contributed by atoms with Crippen molar-refractivity contribution in [3.63, 3.8) is 0 Å². The highest BCUT2D eigenvalue weighted by Crippen LogP contribution is 2.24. The average molecular weight is 252 g/mol. The van der Waals surface area contributed by atoms with Gasteiger partial charge in [0.15, 0.2) is 0 Å². The van der Waals surface area contributed by atoms with Crippen LogP contribution >= 0.6 is 0 Å². The number of methoxy groups -OCH3 is 2. The van der Waals surface area contributed by atoms with Crippen LogP contribution in [-0.2, 0) is 11.2 Å². The summed E-state index contributed by atoms with van der Waals surface area (Å²) in [7, 11) is 3.16. The maximum absolute atomic E-state index is 11.7. The predicted molar refractivity (Wildman–Crippen MR) is 69.9 cm³/mol. The number of nitrogens with two attached hydrogens (primary N) is 1. The Balaban J connectivity index is 2.72. The third-order valence-corrected chi connectivity index (χ3v) is 2.46. The molecule has 1 unspecified atom stereocenters. The van der Waals surface area contributed by atoms with Crippen LogP contribution < -0.4 is 20.5 Å². The Bertz CT molecular complexity index is 405. The van der Waals surface area contributed by atoms with Crippen LogP contribution in [0, 0.1) is 0 Å². The summed E-state index contributed by atoms with van der Waals surface area (Å²) < 4.78 is 10.3. The number of ether oxygens (including phenoxy) is 2. The zero-order valence-electron chi connectivity index (χ0n) is 11.0. The van der Waals surface area contributed by atoms with Crippen LogP contribution in [0.25, 0.3) is 0 Å². The number of carbonyl (C=O) groups excluding carboxylic acids is 1. The summed E-state index contributed by atoms with van der Waals surface area (Å²) in [6.45, 7) is 2.30. The van der Waals surface area contributed by atoms with Crippen molar-refractivity contribution in [2.45, 2.75) is 19.4 Å². The smallest absolute Gasteiger partial charge is 0.224 e. The SMILES string of the molecule is COc1ccc(OC)c(CC(=O)NCC(C)N)c1. The number of hydrogen-bond acceptors (Lipinski definition) is 4. The molecule has 0 saturated carbocycles. The summed E-state index contributed by atoms with van der Waals surface area (Å²) in [5, 5.41) is 2.76. The number of amides is 1. The van der Waals surface area contributed by atoms with Crippen molar-refractivity contribution in [3.05, 3.63) is 23.8 Å². The molecule has 1 rings (SSSR count). The lowest BCUT2D eigenvalue weighted by Crippen LogP contribution is -2.35. The third-order valence-electron chi connectivity index (χ3n) is 2.46. The topological polar surface area (TPSA) is 73.6 Å². The van der Waals surface area contributed by atoms with Crippen molar-refractivity contribution in [1.82, 2.24) is 5.32 Å². The molecule has 0 heterocycles. The van der Waals surface area contributed by atoms with Gasteiger partial charge in [0.05, 0.1) is 20.6 Å². The van der Waals surface area contributed by atoms with Gasteiger partial charge < -0.3 is 20.5 Å². The molecule has 18 heavy (non-hydrogen) atoms. The second kappa shape index (κ2) is 6.86. The van der Waals surface area contributed by atoms with Gasteiger partial charge in [0.1, 0.15) is 11.5 Å². The first-order chi connectivity index (χ1) is 8.56. The van der Waals surface area contributed by atoms with Crippen LogP contribution in [0.5, 0.6) is 11.5 Å². The van der Waals surface area contributed by atoms with Gasteiger partial charge in [0, 0.05) is 18.2 Å². The molecule has 100 valence electrons. The molecule has 0 radical (unpaired) electrons. The van der Waals surface area contributed by atoms with Gasteiger partial charge in [0.25, 0.3) is 0 Å². The van der Waals surface area contributed by atoms with Gasteiger partial charge in [0.2, 0.25) is 5.91 Å². The normalized spacial score (nSPS) is 11.8. The van der Waals surface area contributed by atoms with Crippen LogP contribution in [0.3, 0.4) is 0 Å². The number of carbonyl (C=O) groups is 1. The number of benzene rings is 1. The molecule has 1 aromatic rings. The molecule has 0 fully saturated rings. The first-order valence-corrected chi connectivity index (χ1v) is 5.80. The van der Waals surface area contributed by atoms with E-state index in [4.69, 9.17) is 15.2 Å². The van der Waals surface area contributed by atoms with E-state index in [9.17, 15) is 4.79 Å². The Kier molecular flexibility index (Phi) is 5.45. The first kappa shape index (κ1) is 14.3. The fourth-order valence-corrected chi connectivity index (χ4v) is 1.53. The lowest BCUT2D eigenvalue weighted by molar-refractivity contribution is -0.120. The molecule has 1 aromatic carbocycles. The third kappa shape index (κ3) is 4.25. The molecule has 0 aliphatic heterocycles. The summed E-state index contributed by atoms with van der Waals surface area (Å²) in [5.41, 5.74) is 6.37. The van der Waals surface area contributed by atoms with Gasteiger partial charge in [-0.1, -0.05) is 0 Å². The van der Waals surface area contributed by atoms with E-state index >= 15 is 0 Å². The van der Waals surface area contributed by atoms with E-state index in [1.807, 2.05) is 6.92 Å². The zero-order valence-corrected chi connectivity index (χ0v) is 11.0. The van der Waals surface area contributed by atoms with Gasteiger partial charge in [-0.05, 0) is 25.1 Å². The fraction of sp³-hybridized carbons (Fsp3) is 0.462. The van der Waals surface area contributed by atoms with E-state index in [2.05, 4.69) is 5.32 Å². The molecule has 0 aliphatic rings. The minimum Gasteiger partial charge on any atom is -0.497 e. The molecular formula is C13H20N2O3. The molecule has 0 aliphatic carbocycles. The molecule has 3 N–H and O–H groups in total. The first-order valence-electron chi connectivity index (χ1n) is 5.80. The molecule has 0 saturated heterocycles. The Morgan fingerprint density at radius 2 is 2.11 bits per heavy atom. The Morgan fingerprint density at radius 1 is 1.39 bits per heavy atom. The molecular weight excluding hydrogens is 232 g/mol. The lowest BCUT2D eigenvalue weighted by Gasteiger charge is -2.11. The zero-order chi connectivity index (χ0) is 13.5. The van der Waals surface area contributed by atoms with Gasteiger partial charge in [-0.2, -0.15) is 0 Å². The van der Waals surface area contributed by atoms with Crippen LogP contribution in [-0.4, -0.2) is 32.7 Å². The summed E-state index contributed by atoms with van der Waals surface area (Å²) in [6.07, 6.45) is 0.243. The van der Waals surface area contributed by atoms with Crippen molar-refractivity contribution in [3.8, 4) is 11.5 Å². The van der Waals surface area contributed by atoms with Gasteiger partial charge >= 0.3 is 0 Å². The second-order valence-electron chi connectivity index (χ2n) is 4.14. The van der Waals surface area contributed by atoms with Crippen molar-refractivity contribution < 1.29 is 14.3 Å². The molecule has 1 amide bonds. The highest BCUT2D eigenvalue weighted by Gasteiger charge is 2.10. The van der Waals surface area contributed by atoms with Crippen LogP contribution in [0.2, 0.25) is 0 Å². The summed E-state index contributed by atoms with van der Waals surface area (Å²) in [6, 6.07) is 5.32. The molecule has 0 aromatic heterocycles. The van der Waals surface area contributed by atoms with Crippen molar-refractivity contribution in [1.29, 1.82) is 0 Å². The standard InChI is InChI=1S/C13H20N2O3/c1-9(14)8-15-13(16)7-10-6-11(17-2)4-5-12(10)18-3/h4-6,9H,7-8,14H2,1-3H3,(H,15,16). The van der Waals surface area contributed by atoms with E-state index in [1.165, 1.54) is 0 Å². The maximum Gasteiger partial charge on any atom is 0.224 e. The van der Waals surface area contributed by atoms with E-state index in [0.29, 0.717) is 18.0 Å². The Hall–Kier alpha value is -1.75. The fourth-order valence-electron chi connectivity index (χ4n) is 1.53. The highest BCUT2D eigenvalue weighted by molar-refractivity contribution is 5.79. The molecule has 0 spiro atoms. The van der Waals surface area contributed by atoms with Gasteiger partial charge in [-0.15, -0.1) is 0 Å². The van der Waals surface area contributed by atoms with Crippen molar-refractivity contribution >= 4 is 5.91 Å². The Labute approximate surface area is 107 Å². The van der Waals surface area contributed by atoms with E-state index in [1.54, 1.807) is 32.4 Å². The Morgan fingerprint density at radius 3 is 2.67 bits per heavy atom. The monoisotopic (exact) mass is 252 g/mol. The average Bonchev–Trinajstić information content (AvgIpc) is 2.36. The lowest BCUT2D eigenvalue weighted by atomic mass is 10.1.